The van der Waals surface area contributed by atoms with Crippen LogP contribution in [0.2, 0.25) is 0 Å². The Bertz CT molecular complexity index is 610. The van der Waals surface area contributed by atoms with E-state index >= 15 is 0 Å². The quantitative estimate of drug-likeness (QED) is 0.891. The largest absolute Gasteiger partial charge is 0.491 e. The molecule has 0 aliphatic heterocycles. The van der Waals surface area contributed by atoms with Gasteiger partial charge >= 0.3 is 0 Å². The summed E-state index contributed by atoms with van der Waals surface area (Å²) in [6, 6.07) is 7.73. The minimum absolute atomic E-state index is 0.0445. The molecule has 1 N–H and O–H groups in total. The zero-order valence-electron chi connectivity index (χ0n) is 13.5. The number of ether oxygens (including phenoxy) is 1. The number of benzene rings is 1. The monoisotopic (exact) mass is 302 g/mol. The van der Waals surface area contributed by atoms with E-state index in [1.54, 1.807) is 0 Å². The maximum absolute atomic E-state index is 12.0. The van der Waals surface area contributed by atoms with Crippen molar-refractivity contribution in [2.75, 3.05) is 0 Å². The highest BCUT2D eigenvalue weighted by molar-refractivity contribution is 5.78. The molecular formula is C17H22N2O3. The van der Waals surface area contributed by atoms with Gasteiger partial charge in [-0.2, -0.15) is 0 Å². The first-order valence-electron chi connectivity index (χ1n) is 7.39. The first kappa shape index (κ1) is 16.1. The van der Waals surface area contributed by atoms with Gasteiger partial charge < -0.3 is 14.6 Å². The van der Waals surface area contributed by atoms with E-state index in [1.807, 2.05) is 52.0 Å². The Kier molecular flexibility index (Phi) is 5.20. The molecule has 22 heavy (non-hydrogen) atoms. The predicted molar refractivity (Wildman–Crippen MR) is 83.7 cm³/mol. The van der Waals surface area contributed by atoms with Crippen LogP contribution in [0.5, 0.6) is 5.75 Å². The van der Waals surface area contributed by atoms with Crippen molar-refractivity contribution in [3.63, 3.8) is 0 Å². The van der Waals surface area contributed by atoms with Crippen molar-refractivity contribution in [3.05, 3.63) is 46.8 Å². The minimum Gasteiger partial charge on any atom is -0.491 e. The number of rotatable bonds is 6. The van der Waals surface area contributed by atoms with Gasteiger partial charge in [-0.15, -0.1) is 0 Å². The Labute approximate surface area is 130 Å². The van der Waals surface area contributed by atoms with Gasteiger partial charge in [0.2, 0.25) is 5.91 Å². The topological polar surface area (TPSA) is 64.4 Å². The summed E-state index contributed by atoms with van der Waals surface area (Å²) in [4.78, 5) is 12.0. The molecule has 5 nitrogen and oxygen atoms in total. The van der Waals surface area contributed by atoms with Gasteiger partial charge in [-0.3, -0.25) is 4.79 Å². The molecule has 1 aromatic carbocycles. The average Bonchev–Trinajstić information content (AvgIpc) is 2.78. The Hall–Kier alpha value is -2.30. The van der Waals surface area contributed by atoms with Crippen molar-refractivity contribution in [1.29, 1.82) is 0 Å². The standard InChI is InChI=1S/C17H22N2O3/c1-11(2)21-15-7-5-14(6-8-15)10-18-17(20)9-16-12(3)19-22-13(16)4/h5-8,11H,9-10H2,1-4H3,(H,18,20). The zero-order valence-corrected chi connectivity index (χ0v) is 13.5. The molecule has 2 rings (SSSR count). The van der Waals surface area contributed by atoms with Gasteiger partial charge in [0.1, 0.15) is 11.5 Å². The fourth-order valence-corrected chi connectivity index (χ4v) is 2.14. The molecule has 118 valence electrons. The molecule has 0 saturated heterocycles. The van der Waals surface area contributed by atoms with Crippen molar-refractivity contribution in [3.8, 4) is 5.75 Å². The number of aryl methyl sites for hydroxylation is 2. The SMILES string of the molecule is Cc1noc(C)c1CC(=O)NCc1ccc(OC(C)C)cc1. The molecule has 0 saturated carbocycles. The number of nitrogens with zero attached hydrogens (tertiary/aromatic N) is 1. The van der Waals surface area contributed by atoms with Crippen molar-refractivity contribution in [2.45, 2.75) is 46.8 Å². The van der Waals surface area contributed by atoms with Crippen LogP contribution < -0.4 is 10.1 Å². The number of nitrogens with one attached hydrogen (secondary N) is 1. The third kappa shape index (κ3) is 4.35. The highest BCUT2D eigenvalue weighted by Gasteiger charge is 2.13. The van der Waals surface area contributed by atoms with Crippen molar-refractivity contribution < 1.29 is 14.1 Å². The Balaban J connectivity index is 1.86. The first-order chi connectivity index (χ1) is 10.5. The van der Waals surface area contributed by atoms with E-state index in [0.717, 1.165) is 22.6 Å². The summed E-state index contributed by atoms with van der Waals surface area (Å²) in [6.45, 7) is 8.12. The predicted octanol–water partition coefficient (Wildman–Crippen LogP) is 2.94. The molecule has 0 unspecified atom stereocenters. The molecular weight excluding hydrogens is 280 g/mol. The van der Waals surface area contributed by atoms with Crippen LogP contribution in [0, 0.1) is 13.8 Å². The molecule has 0 radical (unpaired) electrons. The number of amides is 1. The molecule has 5 heteroatoms. The van der Waals surface area contributed by atoms with Gasteiger partial charge in [-0.05, 0) is 45.4 Å². The van der Waals surface area contributed by atoms with Crippen LogP contribution in [0.1, 0.15) is 36.4 Å². The molecule has 2 aromatic rings. The lowest BCUT2D eigenvalue weighted by Gasteiger charge is -2.10. The average molecular weight is 302 g/mol. The third-order valence-electron chi connectivity index (χ3n) is 3.30. The van der Waals surface area contributed by atoms with Crippen LogP contribution in [0.3, 0.4) is 0 Å². The molecule has 0 atom stereocenters. The van der Waals surface area contributed by atoms with E-state index in [0.29, 0.717) is 12.3 Å². The lowest BCUT2D eigenvalue weighted by Crippen LogP contribution is -2.24. The van der Waals surface area contributed by atoms with Gasteiger partial charge in [0.15, 0.2) is 0 Å². The molecule has 0 fully saturated rings. The lowest BCUT2D eigenvalue weighted by molar-refractivity contribution is -0.120. The van der Waals surface area contributed by atoms with E-state index < -0.39 is 0 Å². The van der Waals surface area contributed by atoms with Gasteiger partial charge in [0.25, 0.3) is 0 Å². The number of aromatic nitrogens is 1. The smallest absolute Gasteiger partial charge is 0.224 e. The van der Waals surface area contributed by atoms with Crippen LogP contribution in [-0.2, 0) is 17.8 Å². The summed E-state index contributed by atoms with van der Waals surface area (Å²) in [7, 11) is 0. The minimum atomic E-state index is -0.0445. The van der Waals surface area contributed by atoms with E-state index in [1.165, 1.54) is 0 Å². The Morgan fingerprint density at radius 1 is 1.27 bits per heavy atom. The maximum Gasteiger partial charge on any atom is 0.224 e. The van der Waals surface area contributed by atoms with Crippen LogP contribution in [0.4, 0.5) is 0 Å². The Morgan fingerprint density at radius 2 is 1.95 bits per heavy atom. The van der Waals surface area contributed by atoms with Crippen LogP contribution in [0.15, 0.2) is 28.8 Å². The summed E-state index contributed by atoms with van der Waals surface area (Å²) in [5, 5.41) is 6.75. The zero-order chi connectivity index (χ0) is 16.1. The molecule has 1 aromatic heterocycles. The fraction of sp³-hybridized carbons (Fsp3) is 0.412. The highest BCUT2D eigenvalue weighted by atomic mass is 16.5. The summed E-state index contributed by atoms with van der Waals surface area (Å²) in [6.07, 6.45) is 0.441. The lowest BCUT2D eigenvalue weighted by atomic mass is 10.1. The van der Waals surface area contributed by atoms with Crippen molar-refractivity contribution in [1.82, 2.24) is 10.5 Å². The number of carbonyl (C=O) groups is 1. The summed E-state index contributed by atoms with van der Waals surface area (Å²) >= 11 is 0. The summed E-state index contributed by atoms with van der Waals surface area (Å²) in [5.74, 6) is 1.49. The molecule has 0 aliphatic carbocycles. The number of carbonyl (C=O) groups excluding carboxylic acids is 1. The number of hydrogen-bond acceptors (Lipinski definition) is 4. The summed E-state index contributed by atoms with van der Waals surface area (Å²) in [5.41, 5.74) is 2.66. The van der Waals surface area contributed by atoms with E-state index in [-0.39, 0.29) is 18.4 Å². The van der Waals surface area contributed by atoms with Gasteiger partial charge in [0, 0.05) is 12.1 Å². The van der Waals surface area contributed by atoms with Crippen molar-refractivity contribution >= 4 is 5.91 Å². The van der Waals surface area contributed by atoms with Crippen LogP contribution >= 0.6 is 0 Å². The maximum atomic E-state index is 12.0. The van der Waals surface area contributed by atoms with Crippen molar-refractivity contribution in [2.24, 2.45) is 0 Å². The first-order valence-corrected chi connectivity index (χ1v) is 7.39. The second kappa shape index (κ2) is 7.11. The molecule has 1 heterocycles. The molecule has 0 bridgehead atoms. The highest BCUT2D eigenvalue weighted by Crippen LogP contribution is 2.14. The summed E-state index contributed by atoms with van der Waals surface area (Å²) < 4.78 is 10.6. The normalized spacial score (nSPS) is 10.8. The van der Waals surface area contributed by atoms with Gasteiger partial charge in [0.05, 0.1) is 18.2 Å². The molecule has 0 spiro atoms. The third-order valence-corrected chi connectivity index (χ3v) is 3.30. The van der Waals surface area contributed by atoms with Gasteiger partial charge in [-0.25, -0.2) is 0 Å². The van der Waals surface area contributed by atoms with E-state index in [2.05, 4.69) is 10.5 Å². The van der Waals surface area contributed by atoms with E-state index in [9.17, 15) is 4.79 Å². The van der Waals surface area contributed by atoms with Gasteiger partial charge in [-0.1, -0.05) is 17.3 Å². The van der Waals surface area contributed by atoms with Crippen LogP contribution in [-0.4, -0.2) is 17.2 Å². The number of hydrogen-bond donors (Lipinski definition) is 1. The second-order valence-electron chi connectivity index (χ2n) is 5.57. The second-order valence-corrected chi connectivity index (χ2v) is 5.57. The fourth-order valence-electron chi connectivity index (χ4n) is 2.14. The molecule has 1 amide bonds. The van der Waals surface area contributed by atoms with Crippen LogP contribution in [0.25, 0.3) is 0 Å². The van der Waals surface area contributed by atoms with E-state index in [4.69, 9.17) is 9.26 Å². The Morgan fingerprint density at radius 3 is 2.50 bits per heavy atom. The molecule has 0 aliphatic rings.